The van der Waals surface area contributed by atoms with E-state index in [-0.39, 0.29) is 22.4 Å². The molecule has 0 spiro atoms. The largest absolute Gasteiger partial charge is 0.503 e. The molecule has 5 nitrogen and oxygen atoms in total. The van der Waals surface area contributed by atoms with E-state index in [1.807, 2.05) is 0 Å². The smallest absolute Gasteiger partial charge is 0.260 e. The molecule has 1 fully saturated rings. The van der Waals surface area contributed by atoms with Crippen molar-refractivity contribution in [2.45, 2.75) is 5.50 Å². The predicted octanol–water partition coefficient (Wildman–Crippen LogP) is 3.79. The zero-order valence-electron chi connectivity index (χ0n) is 13.0. The number of carbonyl (C=O) groups excluding carboxylic acids is 1. The number of phenolic OH excluding ortho intramolecular Hbond substituents is 1. The van der Waals surface area contributed by atoms with Crippen molar-refractivity contribution >= 4 is 41.0 Å². The second kappa shape index (κ2) is 7.25. The van der Waals surface area contributed by atoms with Gasteiger partial charge in [-0.3, -0.25) is 4.79 Å². The molecule has 0 aromatic heterocycles. The summed E-state index contributed by atoms with van der Waals surface area (Å²) in [6, 6.07) is 9.32. The van der Waals surface area contributed by atoms with Crippen molar-refractivity contribution < 1.29 is 19.0 Å². The molecule has 3 N–H and O–H groups in total. The number of amides is 1. The van der Waals surface area contributed by atoms with Gasteiger partial charge in [-0.2, -0.15) is 0 Å². The van der Waals surface area contributed by atoms with Gasteiger partial charge in [-0.15, -0.1) is 0 Å². The normalized spacial score (nSPS) is 18.3. The Morgan fingerprint density at radius 1 is 1.40 bits per heavy atom. The van der Waals surface area contributed by atoms with Gasteiger partial charge in [-0.05, 0) is 35.9 Å². The van der Waals surface area contributed by atoms with Gasteiger partial charge in [0.1, 0.15) is 5.82 Å². The molecule has 0 aliphatic carbocycles. The number of thioether (sulfide) groups is 1. The lowest BCUT2D eigenvalue weighted by atomic mass is 10.2. The van der Waals surface area contributed by atoms with Gasteiger partial charge in [0.15, 0.2) is 17.0 Å². The van der Waals surface area contributed by atoms with Crippen LogP contribution in [-0.2, 0) is 4.79 Å². The number of phenols is 1. The maximum Gasteiger partial charge on any atom is 0.260 e. The maximum absolute atomic E-state index is 13.7. The van der Waals surface area contributed by atoms with E-state index in [4.69, 9.17) is 16.3 Å². The summed E-state index contributed by atoms with van der Waals surface area (Å²) >= 11 is 7.17. The summed E-state index contributed by atoms with van der Waals surface area (Å²) in [5, 5.41) is 15.5. The van der Waals surface area contributed by atoms with Gasteiger partial charge < -0.3 is 20.5 Å². The summed E-state index contributed by atoms with van der Waals surface area (Å²) in [6.07, 6.45) is 1.62. The molecular formula is C17H14ClFN2O3S. The van der Waals surface area contributed by atoms with Crippen molar-refractivity contribution in [3.05, 3.63) is 57.7 Å². The van der Waals surface area contributed by atoms with Gasteiger partial charge in [0.05, 0.1) is 22.7 Å². The number of aromatic hydroxyl groups is 1. The second-order valence-corrected chi connectivity index (χ2v) is 6.71. The van der Waals surface area contributed by atoms with Gasteiger partial charge in [-0.25, -0.2) is 4.39 Å². The number of para-hydroxylation sites is 1. The Morgan fingerprint density at radius 3 is 2.88 bits per heavy atom. The molecule has 0 saturated carbocycles. The third-order valence-electron chi connectivity index (χ3n) is 3.46. The minimum Gasteiger partial charge on any atom is -0.503 e. The standard InChI is InChI=1S/C17H14ClFN2O3S/c1-24-13-7-9(6-10(18)15(13)22)8-14-16(23)21-17(25-14)20-12-5-3-2-4-11(12)19/h2-8,17,20,22H,1H3,(H,21,23)/b14-8-. The van der Waals surface area contributed by atoms with Gasteiger partial charge in [-0.1, -0.05) is 35.5 Å². The van der Waals surface area contributed by atoms with Crippen molar-refractivity contribution in [3.8, 4) is 11.5 Å². The van der Waals surface area contributed by atoms with Crippen LogP contribution < -0.4 is 15.4 Å². The molecular weight excluding hydrogens is 367 g/mol. The highest BCUT2D eigenvalue weighted by Gasteiger charge is 2.27. The average molecular weight is 381 g/mol. The van der Waals surface area contributed by atoms with Crippen molar-refractivity contribution in [2.75, 3.05) is 12.4 Å². The minimum atomic E-state index is -0.495. The number of rotatable bonds is 4. The van der Waals surface area contributed by atoms with Crippen LogP contribution in [0, 0.1) is 5.82 Å². The summed E-state index contributed by atoms with van der Waals surface area (Å²) in [4.78, 5) is 12.6. The van der Waals surface area contributed by atoms with E-state index >= 15 is 0 Å². The van der Waals surface area contributed by atoms with Crippen LogP contribution >= 0.6 is 23.4 Å². The number of hydrogen-bond acceptors (Lipinski definition) is 5. The molecule has 1 heterocycles. The number of halogens is 2. The highest BCUT2D eigenvalue weighted by atomic mass is 35.5. The Labute approximate surface area is 152 Å². The maximum atomic E-state index is 13.7. The van der Waals surface area contributed by atoms with E-state index in [2.05, 4.69) is 10.6 Å². The summed E-state index contributed by atoms with van der Waals surface area (Å²) in [6.45, 7) is 0. The predicted molar refractivity (Wildman–Crippen MR) is 97.2 cm³/mol. The fourth-order valence-corrected chi connectivity index (χ4v) is 3.46. The highest BCUT2D eigenvalue weighted by molar-refractivity contribution is 8.05. The first-order valence-electron chi connectivity index (χ1n) is 7.24. The van der Waals surface area contributed by atoms with Crippen LogP contribution in [0.3, 0.4) is 0 Å². The molecule has 25 heavy (non-hydrogen) atoms. The highest BCUT2D eigenvalue weighted by Crippen LogP contribution is 2.37. The number of carbonyl (C=O) groups is 1. The van der Waals surface area contributed by atoms with Crippen LogP contribution in [0.5, 0.6) is 11.5 Å². The van der Waals surface area contributed by atoms with Gasteiger partial charge >= 0.3 is 0 Å². The van der Waals surface area contributed by atoms with E-state index in [1.54, 1.807) is 30.3 Å². The Balaban J connectivity index is 1.80. The van der Waals surface area contributed by atoms with Crippen molar-refractivity contribution in [1.82, 2.24) is 5.32 Å². The van der Waals surface area contributed by atoms with Crippen LogP contribution in [0.4, 0.5) is 10.1 Å². The number of hydrogen-bond donors (Lipinski definition) is 3. The van der Waals surface area contributed by atoms with E-state index in [0.717, 1.165) is 0 Å². The topological polar surface area (TPSA) is 70.6 Å². The molecule has 0 radical (unpaired) electrons. The van der Waals surface area contributed by atoms with Crippen LogP contribution in [-0.4, -0.2) is 23.6 Å². The molecule has 1 amide bonds. The number of anilines is 1. The SMILES string of the molecule is COc1cc(/C=C2\SC(Nc3ccccc3F)NC2=O)cc(Cl)c1O. The Kier molecular flexibility index (Phi) is 5.06. The van der Waals surface area contributed by atoms with E-state index in [0.29, 0.717) is 16.2 Å². The van der Waals surface area contributed by atoms with E-state index < -0.39 is 11.3 Å². The summed E-state index contributed by atoms with van der Waals surface area (Å²) in [5.41, 5.74) is 0.407. The number of ether oxygens (including phenoxy) is 1. The van der Waals surface area contributed by atoms with Crippen molar-refractivity contribution in [1.29, 1.82) is 0 Å². The Bertz CT molecular complexity index is 860. The monoisotopic (exact) mass is 380 g/mol. The third-order valence-corrected chi connectivity index (χ3v) is 4.78. The molecule has 1 saturated heterocycles. The Morgan fingerprint density at radius 2 is 2.16 bits per heavy atom. The molecule has 8 heteroatoms. The molecule has 1 aliphatic rings. The van der Waals surface area contributed by atoms with Crippen LogP contribution in [0.1, 0.15) is 5.56 Å². The van der Waals surface area contributed by atoms with Gasteiger partial charge in [0.2, 0.25) is 0 Å². The van der Waals surface area contributed by atoms with Crippen molar-refractivity contribution in [2.24, 2.45) is 0 Å². The number of methoxy groups -OCH3 is 1. The van der Waals surface area contributed by atoms with Gasteiger partial charge in [0, 0.05) is 0 Å². The summed E-state index contributed by atoms with van der Waals surface area (Å²) < 4.78 is 18.7. The molecule has 130 valence electrons. The first-order chi connectivity index (χ1) is 12.0. The molecule has 1 unspecified atom stereocenters. The lowest BCUT2D eigenvalue weighted by Crippen LogP contribution is -2.31. The number of benzene rings is 2. The average Bonchev–Trinajstić information content (AvgIpc) is 2.92. The zero-order valence-corrected chi connectivity index (χ0v) is 14.6. The summed E-state index contributed by atoms with van der Waals surface area (Å²) in [5.74, 6) is -0.635. The molecule has 0 bridgehead atoms. The third kappa shape index (κ3) is 3.83. The lowest BCUT2D eigenvalue weighted by molar-refractivity contribution is -0.116. The summed E-state index contributed by atoms with van der Waals surface area (Å²) in [7, 11) is 1.41. The Hall–Kier alpha value is -2.38. The second-order valence-electron chi connectivity index (χ2n) is 5.16. The fraction of sp³-hybridized carbons (Fsp3) is 0.118. The fourth-order valence-electron chi connectivity index (χ4n) is 2.27. The van der Waals surface area contributed by atoms with Gasteiger partial charge in [0.25, 0.3) is 5.91 Å². The van der Waals surface area contributed by atoms with E-state index in [9.17, 15) is 14.3 Å². The van der Waals surface area contributed by atoms with Crippen LogP contribution in [0.2, 0.25) is 5.02 Å². The molecule has 1 atom stereocenters. The molecule has 1 aliphatic heterocycles. The van der Waals surface area contributed by atoms with Crippen LogP contribution in [0.15, 0.2) is 41.3 Å². The first-order valence-corrected chi connectivity index (χ1v) is 8.50. The molecule has 2 aromatic rings. The van der Waals surface area contributed by atoms with Crippen molar-refractivity contribution in [3.63, 3.8) is 0 Å². The quantitative estimate of drug-likeness (QED) is 0.704. The lowest BCUT2D eigenvalue weighted by Gasteiger charge is -2.13. The molecule has 3 rings (SSSR count). The zero-order chi connectivity index (χ0) is 18.0. The number of nitrogens with one attached hydrogen (secondary N) is 2. The molecule has 2 aromatic carbocycles. The minimum absolute atomic E-state index is 0.121. The first kappa shape index (κ1) is 17.4. The van der Waals surface area contributed by atoms with E-state index in [1.165, 1.54) is 31.0 Å². The van der Waals surface area contributed by atoms with Crippen LogP contribution in [0.25, 0.3) is 6.08 Å².